The Morgan fingerprint density at radius 2 is 1.60 bits per heavy atom. The van der Waals surface area contributed by atoms with E-state index < -0.39 is 0 Å². The molecule has 0 atom stereocenters. The van der Waals surface area contributed by atoms with E-state index in [1.54, 1.807) is 6.07 Å². The van der Waals surface area contributed by atoms with E-state index in [1.807, 2.05) is 42.5 Å². The van der Waals surface area contributed by atoms with Gasteiger partial charge in [0, 0.05) is 5.56 Å². The zero-order chi connectivity index (χ0) is 14.1. The van der Waals surface area contributed by atoms with Crippen molar-refractivity contribution in [1.82, 2.24) is 0 Å². The summed E-state index contributed by atoms with van der Waals surface area (Å²) in [4.78, 5) is 12.1. The van der Waals surface area contributed by atoms with Crippen LogP contribution < -0.4 is 0 Å². The largest absolute Gasteiger partial charge is 0.411 e. The summed E-state index contributed by atoms with van der Waals surface area (Å²) in [7, 11) is 0. The molecule has 0 aliphatic rings. The molecule has 3 heteroatoms. The first-order valence-electron chi connectivity index (χ1n) is 6.35. The molecule has 1 N–H and O–H groups in total. The number of ketones is 1. The van der Waals surface area contributed by atoms with Gasteiger partial charge in [0.05, 0.1) is 0 Å². The highest BCUT2D eigenvalue weighted by molar-refractivity contribution is 6.45. The van der Waals surface area contributed by atoms with Gasteiger partial charge in [0.1, 0.15) is 5.71 Å². The monoisotopic (exact) mass is 263 g/mol. The van der Waals surface area contributed by atoms with Gasteiger partial charge in [-0.05, 0) is 34.5 Å². The second-order valence-corrected chi connectivity index (χ2v) is 4.74. The summed E-state index contributed by atoms with van der Waals surface area (Å²) < 4.78 is 0. The van der Waals surface area contributed by atoms with Gasteiger partial charge in [0.2, 0.25) is 5.78 Å². The maximum Gasteiger partial charge on any atom is 0.210 e. The van der Waals surface area contributed by atoms with Crippen LogP contribution in [0.4, 0.5) is 0 Å². The third-order valence-corrected chi connectivity index (χ3v) is 3.49. The van der Waals surface area contributed by atoms with Gasteiger partial charge in [-0.25, -0.2) is 0 Å². The molecule has 0 aromatic heterocycles. The predicted octanol–water partition coefficient (Wildman–Crippen LogP) is 4.03. The van der Waals surface area contributed by atoms with Crippen LogP contribution in [0.1, 0.15) is 17.3 Å². The number of benzene rings is 3. The van der Waals surface area contributed by atoms with Crippen molar-refractivity contribution in [2.24, 2.45) is 5.16 Å². The molecule has 0 unspecified atom stereocenters. The smallest absolute Gasteiger partial charge is 0.210 e. The van der Waals surface area contributed by atoms with E-state index in [9.17, 15) is 4.79 Å². The molecule has 3 rings (SSSR count). The van der Waals surface area contributed by atoms with Gasteiger partial charge in [0.15, 0.2) is 0 Å². The van der Waals surface area contributed by atoms with Crippen molar-refractivity contribution in [3.05, 3.63) is 60.2 Å². The number of Topliss-reactive ketones (excluding diaryl/α,β-unsaturated/α-hetero) is 1. The van der Waals surface area contributed by atoms with Gasteiger partial charge in [-0.1, -0.05) is 53.7 Å². The van der Waals surface area contributed by atoms with Crippen molar-refractivity contribution in [1.29, 1.82) is 0 Å². The molecular weight excluding hydrogens is 250 g/mol. The Balaban J connectivity index is 2.29. The van der Waals surface area contributed by atoms with Crippen molar-refractivity contribution in [3.63, 3.8) is 0 Å². The van der Waals surface area contributed by atoms with E-state index in [1.165, 1.54) is 6.92 Å². The van der Waals surface area contributed by atoms with E-state index in [4.69, 9.17) is 5.21 Å². The summed E-state index contributed by atoms with van der Waals surface area (Å²) in [6.07, 6.45) is 0. The van der Waals surface area contributed by atoms with Crippen LogP contribution >= 0.6 is 0 Å². The Labute approximate surface area is 116 Å². The van der Waals surface area contributed by atoms with E-state index >= 15 is 0 Å². The second-order valence-electron chi connectivity index (χ2n) is 4.74. The summed E-state index contributed by atoms with van der Waals surface area (Å²) in [5.74, 6) is -0.262. The third-order valence-electron chi connectivity index (χ3n) is 3.49. The zero-order valence-electron chi connectivity index (χ0n) is 11.0. The normalized spacial score (nSPS) is 11.9. The first kappa shape index (κ1) is 12.4. The van der Waals surface area contributed by atoms with E-state index in [0.717, 1.165) is 21.5 Å². The number of fused-ring (bicyclic) bond motifs is 3. The quantitative estimate of drug-likeness (QED) is 0.249. The van der Waals surface area contributed by atoms with E-state index in [2.05, 4.69) is 11.2 Å². The summed E-state index contributed by atoms with van der Waals surface area (Å²) in [6.45, 7) is 1.50. The van der Waals surface area contributed by atoms with Crippen LogP contribution in [0.15, 0.2) is 59.8 Å². The highest BCUT2D eigenvalue weighted by atomic mass is 16.4. The van der Waals surface area contributed by atoms with Crippen LogP contribution in [-0.2, 0) is 0 Å². The first-order chi connectivity index (χ1) is 9.70. The molecule has 0 saturated heterocycles. The van der Waals surface area contributed by atoms with Crippen molar-refractivity contribution >= 4 is 33.0 Å². The summed E-state index contributed by atoms with van der Waals surface area (Å²) in [5, 5.41) is 16.0. The van der Waals surface area contributed by atoms with E-state index in [0.29, 0.717) is 5.56 Å². The van der Waals surface area contributed by atoms with Crippen molar-refractivity contribution in [2.45, 2.75) is 6.92 Å². The highest BCUT2D eigenvalue weighted by Gasteiger charge is 2.11. The van der Waals surface area contributed by atoms with Crippen LogP contribution in [0.25, 0.3) is 21.5 Å². The van der Waals surface area contributed by atoms with Crippen molar-refractivity contribution in [2.75, 3.05) is 0 Å². The Morgan fingerprint density at radius 1 is 0.950 bits per heavy atom. The van der Waals surface area contributed by atoms with E-state index in [-0.39, 0.29) is 11.5 Å². The lowest BCUT2D eigenvalue weighted by molar-refractivity contribution is 0.106. The Kier molecular flexibility index (Phi) is 2.95. The average molecular weight is 263 g/mol. The van der Waals surface area contributed by atoms with Crippen molar-refractivity contribution < 1.29 is 10.0 Å². The van der Waals surface area contributed by atoms with Crippen LogP contribution in [0, 0.1) is 0 Å². The Morgan fingerprint density at radius 3 is 2.35 bits per heavy atom. The average Bonchev–Trinajstić information content (AvgIpc) is 2.52. The second kappa shape index (κ2) is 4.78. The molecule has 0 radical (unpaired) electrons. The number of carbonyl (C=O) groups is 1. The lowest BCUT2D eigenvalue weighted by Gasteiger charge is -2.06. The lowest BCUT2D eigenvalue weighted by atomic mass is 9.98. The van der Waals surface area contributed by atoms with Crippen LogP contribution in [0.3, 0.4) is 0 Å². The molecule has 0 bridgehead atoms. The molecule has 0 aliphatic carbocycles. The van der Waals surface area contributed by atoms with Gasteiger partial charge < -0.3 is 5.21 Å². The van der Waals surface area contributed by atoms with Gasteiger partial charge in [-0.15, -0.1) is 0 Å². The minimum atomic E-state index is -0.262. The van der Waals surface area contributed by atoms with Gasteiger partial charge >= 0.3 is 0 Å². The molecule has 0 aliphatic heterocycles. The number of nitrogens with zero attached hydrogens (tertiary/aromatic N) is 1. The SMILES string of the molecule is C/C(=N/O)C(=O)c1ccc2ccc3ccccc3c2c1. The fourth-order valence-corrected chi connectivity index (χ4v) is 2.40. The molecule has 0 heterocycles. The maximum absolute atomic E-state index is 12.1. The molecule has 0 amide bonds. The molecule has 3 nitrogen and oxygen atoms in total. The number of hydrogen-bond acceptors (Lipinski definition) is 3. The number of carbonyl (C=O) groups excluding carboxylic acids is 1. The molecule has 20 heavy (non-hydrogen) atoms. The molecule has 0 fully saturated rings. The first-order valence-corrected chi connectivity index (χ1v) is 6.35. The third kappa shape index (κ3) is 1.93. The number of oxime groups is 1. The van der Waals surface area contributed by atoms with Crippen LogP contribution in [0.5, 0.6) is 0 Å². The maximum atomic E-state index is 12.1. The molecule has 98 valence electrons. The Bertz CT molecular complexity index is 850. The number of rotatable bonds is 2. The lowest BCUT2D eigenvalue weighted by Crippen LogP contribution is -2.10. The summed E-state index contributed by atoms with van der Waals surface area (Å²) in [5.41, 5.74) is 0.619. The van der Waals surface area contributed by atoms with Crippen LogP contribution in [-0.4, -0.2) is 16.7 Å². The minimum absolute atomic E-state index is 0.0876. The fourth-order valence-electron chi connectivity index (χ4n) is 2.40. The standard InChI is InChI=1S/C17H13NO2/c1-11(18-20)17(19)14-9-8-13-7-6-12-4-2-3-5-15(12)16(13)10-14/h2-10,20H,1H3/b18-11-. The summed E-state index contributed by atoms with van der Waals surface area (Å²) in [6, 6.07) is 17.7. The van der Waals surface area contributed by atoms with Crippen molar-refractivity contribution in [3.8, 4) is 0 Å². The topological polar surface area (TPSA) is 49.7 Å². The minimum Gasteiger partial charge on any atom is -0.411 e. The molecule has 3 aromatic rings. The molecule has 0 saturated carbocycles. The number of hydrogen-bond donors (Lipinski definition) is 1. The predicted molar refractivity (Wildman–Crippen MR) is 80.7 cm³/mol. The van der Waals surface area contributed by atoms with Gasteiger partial charge in [-0.3, -0.25) is 4.79 Å². The van der Waals surface area contributed by atoms with Crippen LogP contribution in [0.2, 0.25) is 0 Å². The summed E-state index contributed by atoms with van der Waals surface area (Å²) >= 11 is 0. The zero-order valence-corrected chi connectivity index (χ0v) is 11.0. The van der Waals surface area contributed by atoms with Gasteiger partial charge in [0.25, 0.3) is 0 Å². The molecule has 0 spiro atoms. The van der Waals surface area contributed by atoms with Gasteiger partial charge in [-0.2, -0.15) is 0 Å². The molecular formula is C17H13NO2. The fraction of sp³-hybridized carbons (Fsp3) is 0.0588. The molecule has 3 aromatic carbocycles. The Hall–Kier alpha value is -2.68. The highest BCUT2D eigenvalue weighted by Crippen LogP contribution is 2.26.